The molecule has 0 aliphatic heterocycles. The van der Waals surface area contributed by atoms with Gasteiger partial charge < -0.3 is 0 Å². The van der Waals surface area contributed by atoms with E-state index in [-0.39, 0.29) is 0 Å². The van der Waals surface area contributed by atoms with E-state index in [1.807, 2.05) is 0 Å². The van der Waals surface area contributed by atoms with Crippen molar-refractivity contribution in [2.24, 2.45) is 0 Å². The summed E-state index contributed by atoms with van der Waals surface area (Å²) in [5.74, 6) is -11.3. The van der Waals surface area contributed by atoms with Crippen LogP contribution >= 0.6 is 22.6 Å². The van der Waals surface area contributed by atoms with Crippen LogP contribution in [0.2, 0.25) is 19.6 Å². The van der Waals surface area contributed by atoms with E-state index in [4.69, 9.17) is 0 Å². The Morgan fingerprint density at radius 2 is 1.29 bits per heavy atom. The first-order chi connectivity index (χ1) is 7.19. The molecule has 0 bridgehead atoms. The average Bonchev–Trinajstić information content (AvgIpc) is 1.98. The molecule has 0 aromatic carbocycles. The van der Waals surface area contributed by atoms with Crippen molar-refractivity contribution >= 4 is 30.7 Å². The van der Waals surface area contributed by atoms with Gasteiger partial charge in [-0.25, -0.2) is 0 Å². The van der Waals surface area contributed by atoms with Crippen molar-refractivity contribution < 1.29 is 30.7 Å². The first-order valence-electron chi connectivity index (χ1n) is 4.33. The van der Waals surface area contributed by atoms with Gasteiger partial charge in [-0.2, -0.15) is 30.7 Å². The summed E-state index contributed by atoms with van der Waals surface area (Å²) in [6.07, 6.45) is -6.28. The predicted molar refractivity (Wildman–Crippen MR) is 61.4 cm³/mol. The molecule has 102 valence electrons. The van der Waals surface area contributed by atoms with Crippen LogP contribution in [0.25, 0.3) is 0 Å². The van der Waals surface area contributed by atoms with Crippen molar-refractivity contribution in [3.8, 4) is 0 Å². The Balaban J connectivity index is 5.72. The predicted octanol–water partition coefficient (Wildman–Crippen LogP) is 5.02. The number of hydrogen-bond acceptors (Lipinski definition) is 0. The second-order valence-electron chi connectivity index (χ2n) is 4.42. The van der Waals surface area contributed by atoms with E-state index in [2.05, 4.69) is 0 Å². The maximum absolute atomic E-state index is 13.3. The lowest BCUT2D eigenvalue weighted by Gasteiger charge is -2.34. The van der Waals surface area contributed by atoms with Crippen molar-refractivity contribution in [1.82, 2.24) is 0 Å². The summed E-state index contributed by atoms with van der Waals surface area (Å²) < 4.78 is 88.8. The van der Waals surface area contributed by atoms with E-state index in [0.717, 1.165) is 0 Å². The summed E-state index contributed by atoms with van der Waals surface area (Å²) in [5, 5.41) is -1.12. The van der Waals surface area contributed by atoms with Gasteiger partial charge in [0.2, 0.25) is 0 Å². The van der Waals surface area contributed by atoms with Crippen LogP contribution in [0.3, 0.4) is 0 Å². The lowest BCUT2D eigenvalue weighted by molar-refractivity contribution is -0.343. The Labute approximate surface area is 108 Å². The molecule has 0 N–H and O–H groups in total. The molecule has 0 aromatic heterocycles. The van der Waals surface area contributed by atoms with E-state index in [1.165, 1.54) is 42.2 Å². The van der Waals surface area contributed by atoms with Gasteiger partial charge in [-0.05, 0) is 9.28 Å². The maximum atomic E-state index is 13.3. The first kappa shape index (κ1) is 17.2. The van der Waals surface area contributed by atoms with Gasteiger partial charge in [0.25, 0.3) is 0 Å². The van der Waals surface area contributed by atoms with Crippen molar-refractivity contribution in [2.45, 2.75) is 37.7 Å². The van der Waals surface area contributed by atoms with Gasteiger partial charge >= 0.3 is 18.0 Å². The number of halogens is 8. The fraction of sp³-hybridized carbons (Fsp3) is 0.750. The Bertz CT molecular complexity index is 313. The zero-order chi connectivity index (χ0) is 14.3. The van der Waals surface area contributed by atoms with Gasteiger partial charge in [-0.3, -0.25) is 0 Å². The van der Waals surface area contributed by atoms with Crippen LogP contribution < -0.4 is 0 Å². The molecular weight excluding hydrogens is 384 g/mol. The first-order valence-corrected chi connectivity index (χ1v) is 9.08. The molecular formula is C8H10F7ISi. The highest BCUT2D eigenvalue weighted by atomic mass is 127. The highest BCUT2D eigenvalue weighted by molar-refractivity contribution is 14.1. The topological polar surface area (TPSA) is 0 Å². The van der Waals surface area contributed by atoms with E-state index in [1.54, 1.807) is 0 Å². The Kier molecular flexibility index (Phi) is 4.76. The summed E-state index contributed by atoms with van der Waals surface area (Å²) in [7, 11) is -2.99. The zero-order valence-electron chi connectivity index (χ0n) is 9.10. The number of allylic oxidation sites excluding steroid dienone is 1. The molecule has 0 nitrogen and oxygen atoms in total. The number of hydrogen-bond donors (Lipinski definition) is 0. The van der Waals surface area contributed by atoms with Crippen LogP contribution in [-0.2, 0) is 0 Å². The molecule has 0 heterocycles. The number of rotatable bonds is 3. The van der Waals surface area contributed by atoms with Crippen LogP contribution in [-0.4, -0.2) is 26.1 Å². The van der Waals surface area contributed by atoms with Crippen molar-refractivity contribution in [2.75, 3.05) is 0 Å². The van der Waals surface area contributed by atoms with Crippen molar-refractivity contribution in [1.29, 1.82) is 0 Å². The van der Waals surface area contributed by atoms with Crippen molar-refractivity contribution in [3.05, 3.63) is 9.28 Å². The Morgan fingerprint density at radius 1 is 0.941 bits per heavy atom. The van der Waals surface area contributed by atoms with Crippen molar-refractivity contribution in [3.63, 3.8) is 0 Å². The fourth-order valence-electron chi connectivity index (χ4n) is 1.05. The summed E-state index contributed by atoms with van der Waals surface area (Å²) in [6.45, 7) is 3.83. The quantitative estimate of drug-likeness (QED) is 0.359. The van der Waals surface area contributed by atoms with Gasteiger partial charge in [-0.1, -0.05) is 42.2 Å². The standard InChI is InChI=1S/C8H10F7ISi/c1-17(2,3)5(4-16)6(9,10)7(11,12)8(13,14)15/h4H,1-3H3/b5-4-. The molecule has 0 unspecified atom stereocenters. The largest absolute Gasteiger partial charge is 0.460 e. The molecule has 0 radical (unpaired) electrons. The molecule has 0 amide bonds. The van der Waals surface area contributed by atoms with E-state index in [9.17, 15) is 30.7 Å². The monoisotopic (exact) mass is 394 g/mol. The van der Waals surface area contributed by atoms with E-state index in [0.29, 0.717) is 4.08 Å². The Morgan fingerprint density at radius 3 is 1.47 bits per heavy atom. The minimum absolute atomic E-state index is 0.629. The van der Waals surface area contributed by atoms with E-state index < -0.39 is 31.3 Å². The third-order valence-corrected chi connectivity index (χ3v) is 5.29. The average molecular weight is 394 g/mol. The van der Waals surface area contributed by atoms with Gasteiger partial charge in [0.1, 0.15) is 0 Å². The minimum atomic E-state index is -6.28. The SMILES string of the molecule is C[Si](C)(C)/C(=C\I)C(F)(F)C(F)(F)C(F)(F)F. The fourth-order valence-corrected chi connectivity index (χ4v) is 5.67. The second kappa shape index (κ2) is 4.70. The summed E-state index contributed by atoms with van der Waals surface area (Å²) in [6, 6.07) is 0. The molecule has 0 spiro atoms. The molecule has 0 saturated carbocycles. The maximum Gasteiger partial charge on any atom is 0.460 e. The van der Waals surface area contributed by atoms with Gasteiger partial charge in [-0.15, -0.1) is 0 Å². The summed E-state index contributed by atoms with van der Waals surface area (Å²) in [4.78, 5) is 0. The third kappa shape index (κ3) is 3.15. The van der Waals surface area contributed by atoms with E-state index >= 15 is 0 Å². The van der Waals surface area contributed by atoms with Gasteiger partial charge in [0.15, 0.2) is 0 Å². The lowest BCUT2D eigenvalue weighted by atomic mass is 10.1. The lowest BCUT2D eigenvalue weighted by Crippen LogP contribution is -2.56. The Hall–Kier alpha value is 0.197. The molecule has 0 aliphatic rings. The third-order valence-electron chi connectivity index (χ3n) is 2.01. The summed E-state index contributed by atoms with van der Waals surface area (Å²) >= 11 is 1.26. The minimum Gasteiger partial charge on any atom is -0.195 e. The van der Waals surface area contributed by atoms with Crippen LogP contribution in [0.4, 0.5) is 30.7 Å². The normalized spacial score (nSPS) is 16.3. The zero-order valence-corrected chi connectivity index (χ0v) is 12.3. The van der Waals surface area contributed by atoms with Crippen LogP contribution in [0, 0.1) is 0 Å². The molecule has 9 heteroatoms. The molecule has 0 rings (SSSR count). The highest BCUT2D eigenvalue weighted by Crippen LogP contribution is 2.51. The smallest absolute Gasteiger partial charge is 0.195 e. The van der Waals surface area contributed by atoms with Crippen LogP contribution in [0.5, 0.6) is 0 Å². The molecule has 17 heavy (non-hydrogen) atoms. The number of alkyl halides is 7. The van der Waals surface area contributed by atoms with Gasteiger partial charge in [0, 0.05) is 0 Å². The van der Waals surface area contributed by atoms with Gasteiger partial charge in [0.05, 0.1) is 8.07 Å². The molecule has 0 aliphatic carbocycles. The highest BCUT2D eigenvalue weighted by Gasteiger charge is 2.74. The molecule has 0 aromatic rings. The van der Waals surface area contributed by atoms with Crippen LogP contribution in [0.1, 0.15) is 0 Å². The molecule has 0 atom stereocenters. The summed E-state index contributed by atoms with van der Waals surface area (Å²) in [5.41, 5.74) is 0. The second-order valence-corrected chi connectivity index (χ2v) is 10.1. The van der Waals surface area contributed by atoms with Crippen LogP contribution in [0.15, 0.2) is 9.28 Å². The molecule has 0 fully saturated rings. The molecule has 0 saturated heterocycles.